The van der Waals surface area contributed by atoms with Crippen LogP contribution in [0, 0.1) is 19.7 Å². The van der Waals surface area contributed by atoms with Gasteiger partial charge in [0.25, 0.3) is 11.8 Å². The Morgan fingerprint density at radius 2 is 1.79 bits per heavy atom. The van der Waals surface area contributed by atoms with Crippen molar-refractivity contribution in [2.75, 3.05) is 16.8 Å². The summed E-state index contributed by atoms with van der Waals surface area (Å²) in [5, 5.41) is 2.94. The molecule has 33 heavy (non-hydrogen) atoms. The maximum atomic E-state index is 13.7. The molecule has 0 spiro atoms. The van der Waals surface area contributed by atoms with Gasteiger partial charge in [0, 0.05) is 11.8 Å². The summed E-state index contributed by atoms with van der Waals surface area (Å²) in [6.07, 6.45) is 0. The van der Waals surface area contributed by atoms with Crippen molar-refractivity contribution in [1.82, 2.24) is 0 Å². The molecule has 1 heterocycles. The molecule has 0 atom stereocenters. The van der Waals surface area contributed by atoms with Gasteiger partial charge in [-0.3, -0.25) is 9.59 Å². The third-order valence-corrected chi connectivity index (χ3v) is 5.60. The molecule has 0 bridgehead atoms. The van der Waals surface area contributed by atoms with Crippen LogP contribution in [0.1, 0.15) is 23.6 Å². The highest BCUT2D eigenvalue weighted by molar-refractivity contribution is 6.46. The number of anilines is 2. The Bertz CT molecular complexity index is 1300. The average Bonchev–Trinajstić information content (AvgIpc) is 3.00. The van der Waals surface area contributed by atoms with Gasteiger partial charge in [-0.15, -0.1) is 0 Å². The predicted octanol–water partition coefficient (Wildman–Crippen LogP) is 5.89. The van der Waals surface area contributed by atoms with Gasteiger partial charge in [-0.05, 0) is 62.2 Å². The van der Waals surface area contributed by atoms with Gasteiger partial charge in [-0.2, -0.15) is 0 Å². The molecule has 168 valence electrons. The second kappa shape index (κ2) is 9.08. The van der Waals surface area contributed by atoms with Gasteiger partial charge in [0.2, 0.25) is 0 Å². The topological polar surface area (TPSA) is 58.6 Å². The Labute approximate surface area is 196 Å². The summed E-state index contributed by atoms with van der Waals surface area (Å²) in [5.74, 6) is -1.07. The zero-order valence-corrected chi connectivity index (χ0v) is 19.2. The van der Waals surface area contributed by atoms with Crippen LogP contribution in [0.3, 0.4) is 0 Å². The first kappa shape index (κ1) is 22.6. The summed E-state index contributed by atoms with van der Waals surface area (Å²) in [6.45, 7) is 6.22. The van der Waals surface area contributed by atoms with E-state index in [9.17, 15) is 14.0 Å². The minimum atomic E-state index is -0.631. The van der Waals surface area contributed by atoms with Crippen molar-refractivity contribution in [3.63, 3.8) is 0 Å². The molecule has 3 aromatic rings. The minimum Gasteiger partial charge on any atom is -0.494 e. The zero-order valence-electron chi connectivity index (χ0n) is 18.4. The highest BCUT2D eigenvalue weighted by Gasteiger charge is 2.41. The Kier molecular flexibility index (Phi) is 6.20. The van der Waals surface area contributed by atoms with Crippen molar-refractivity contribution < 1.29 is 18.7 Å². The van der Waals surface area contributed by atoms with Crippen molar-refractivity contribution in [2.24, 2.45) is 0 Å². The highest BCUT2D eigenvalue weighted by atomic mass is 35.5. The summed E-state index contributed by atoms with van der Waals surface area (Å²) in [7, 11) is 0. The van der Waals surface area contributed by atoms with Crippen LogP contribution in [-0.2, 0) is 9.59 Å². The molecule has 1 aliphatic rings. The van der Waals surface area contributed by atoms with E-state index in [0.717, 1.165) is 22.1 Å². The molecule has 0 unspecified atom stereocenters. The van der Waals surface area contributed by atoms with Gasteiger partial charge in [0.05, 0.1) is 22.9 Å². The lowest BCUT2D eigenvalue weighted by Gasteiger charge is -2.16. The van der Waals surface area contributed by atoms with Crippen LogP contribution >= 0.6 is 11.6 Å². The quantitative estimate of drug-likeness (QED) is 0.462. The van der Waals surface area contributed by atoms with Crippen molar-refractivity contribution in [2.45, 2.75) is 20.8 Å². The number of aryl methyl sites for hydroxylation is 2. The minimum absolute atomic E-state index is 0.126. The second-order valence-corrected chi connectivity index (χ2v) is 8.11. The maximum absolute atomic E-state index is 13.7. The fourth-order valence-corrected chi connectivity index (χ4v) is 4.00. The molecule has 4 rings (SSSR count). The van der Waals surface area contributed by atoms with E-state index in [0.29, 0.717) is 23.6 Å². The van der Waals surface area contributed by atoms with Crippen LogP contribution in [0.15, 0.2) is 66.4 Å². The second-order valence-electron chi connectivity index (χ2n) is 7.70. The van der Waals surface area contributed by atoms with Gasteiger partial charge < -0.3 is 10.1 Å². The van der Waals surface area contributed by atoms with Crippen molar-refractivity contribution in [1.29, 1.82) is 0 Å². The molecule has 0 aromatic heterocycles. The Morgan fingerprint density at radius 3 is 2.48 bits per heavy atom. The molecular weight excluding hydrogens is 443 g/mol. The molecule has 5 nitrogen and oxygen atoms in total. The van der Waals surface area contributed by atoms with E-state index in [1.807, 2.05) is 45.0 Å². The molecule has 7 heteroatoms. The maximum Gasteiger partial charge on any atom is 0.282 e. The van der Waals surface area contributed by atoms with Crippen LogP contribution in [0.5, 0.6) is 5.75 Å². The van der Waals surface area contributed by atoms with Gasteiger partial charge in [-0.25, -0.2) is 9.29 Å². The van der Waals surface area contributed by atoms with Gasteiger partial charge in [0.1, 0.15) is 17.3 Å². The van der Waals surface area contributed by atoms with Crippen molar-refractivity contribution >= 4 is 40.4 Å². The predicted molar refractivity (Wildman–Crippen MR) is 128 cm³/mol. The number of hydrogen-bond acceptors (Lipinski definition) is 4. The lowest BCUT2D eigenvalue weighted by atomic mass is 9.97. The number of imide groups is 1. The molecule has 1 N–H and O–H groups in total. The van der Waals surface area contributed by atoms with E-state index in [1.54, 1.807) is 18.2 Å². The molecule has 0 radical (unpaired) electrons. The molecular formula is C26H22ClFN2O3. The third kappa shape index (κ3) is 4.34. The van der Waals surface area contributed by atoms with Crippen molar-refractivity contribution in [3.8, 4) is 5.75 Å². The summed E-state index contributed by atoms with van der Waals surface area (Å²) < 4.78 is 19.3. The van der Waals surface area contributed by atoms with Crippen molar-refractivity contribution in [3.05, 3.63) is 93.9 Å². The summed E-state index contributed by atoms with van der Waals surface area (Å²) in [4.78, 5) is 28.1. The van der Waals surface area contributed by atoms with Crippen LogP contribution in [0.25, 0.3) is 5.57 Å². The van der Waals surface area contributed by atoms with Gasteiger partial charge >= 0.3 is 0 Å². The summed E-state index contributed by atoms with van der Waals surface area (Å²) in [5.41, 5.74) is 3.68. The number of benzene rings is 3. The number of amides is 2. The Morgan fingerprint density at radius 1 is 1.00 bits per heavy atom. The van der Waals surface area contributed by atoms with E-state index in [-0.39, 0.29) is 22.0 Å². The average molecular weight is 465 g/mol. The molecule has 2 amide bonds. The number of rotatable bonds is 6. The molecule has 0 aliphatic carbocycles. The van der Waals surface area contributed by atoms with Crippen LogP contribution < -0.4 is 15.0 Å². The monoisotopic (exact) mass is 464 g/mol. The third-order valence-electron chi connectivity index (χ3n) is 5.31. The fourth-order valence-electron chi connectivity index (χ4n) is 3.82. The smallest absolute Gasteiger partial charge is 0.282 e. The lowest BCUT2D eigenvalue weighted by molar-refractivity contribution is -0.120. The number of nitrogens with one attached hydrogen (secondary N) is 1. The lowest BCUT2D eigenvalue weighted by Crippen LogP contribution is -2.32. The molecule has 3 aromatic carbocycles. The normalized spacial score (nSPS) is 13.7. The number of carbonyl (C=O) groups excluding carboxylic acids is 2. The Hall–Kier alpha value is -3.64. The van der Waals surface area contributed by atoms with E-state index in [4.69, 9.17) is 16.3 Å². The largest absolute Gasteiger partial charge is 0.494 e. The van der Waals surface area contributed by atoms with Gasteiger partial charge in [0.15, 0.2) is 0 Å². The number of hydrogen-bond donors (Lipinski definition) is 1. The zero-order chi connectivity index (χ0) is 23.7. The van der Waals surface area contributed by atoms with E-state index < -0.39 is 17.6 Å². The summed E-state index contributed by atoms with van der Waals surface area (Å²) >= 11 is 5.93. The number of nitrogens with zero attached hydrogens (tertiary/aromatic N) is 1. The number of carbonyl (C=O) groups is 2. The number of halogens is 2. The van der Waals surface area contributed by atoms with E-state index >= 15 is 0 Å². The molecule has 0 fully saturated rings. The molecule has 0 saturated carbocycles. The van der Waals surface area contributed by atoms with E-state index in [1.165, 1.54) is 12.1 Å². The first-order valence-corrected chi connectivity index (χ1v) is 10.8. The molecule has 1 aliphatic heterocycles. The SMILES string of the molecule is CCOc1cccc(NC2=C(c3ccc(C)cc3C)C(=O)N(c3ccc(F)c(Cl)c3)C2=O)c1. The number of ether oxygens (including phenoxy) is 1. The Balaban J connectivity index is 1.84. The van der Waals surface area contributed by atoms with Crippen LogP contribution in [0.2, 0.25) is 5.02 Å². The fraction of sp³-hybridized carbons (Fsp3) is 0.154. The first-order valence-electron chi connectivity index (χ1n) is 10.5. The summed E-state index contributed by atoms with van der Waals surface area (Å²) in [6, 6.07) is 16.6. The highest BCUT2D eigenvalue weighted by Crippen LogP contribution is 2.36. The van der Waals surface area contributed by atoms with Crippen LogP contribution in [0.4, 0.5) is 15.8 Å². The molecule has 0 saturated heterocycles. The standard InChI is InChI=1S/C26H22ClFN2O3/c1-4-33-19-7-5-6-17(13-19)29-24-23(20-10-8-15(2)12-16(20)3)25(31)30(26(24)32)18-9-11-22(28)21(27)14-18/h5-14,29H,4H2,1-3H3. The van der Waals surface area contributed by atoms with Gasteiger partial charge in [-0.1, -0.05) is 41.4 Å². The first-order chi connectivity index (χ1) is 15.8. The van der Waals surface area contributed by atoms with E-state index in [2.05, 4.69) is 5.32 Å². The van der Waals surface area contributed by atoms with Crippen LogP contribution in [-0.4, -0.2) is 18.4 Å².